The van der Waals surface area contributed by atoms with Crippen LogP contribution in [-0.2, 0) is 6.42 Å². The van der Waals surface area contributed by atoms with Gasteiger partial charge in [-0.05, 0) is 43.5 Å². The number of fused-ring (bicyclic) bond motifs is 3. The zero-order chi connectivity index (χ0) is 21.5. The SMILES string of the molecule is Cc1cccc(N2CCc3c(NCCO)nc4c(OC(F)(F)F)cccc4c32)c1C. The summed E-state index contributed by atoms with van der Waals surface area (Å²) in [7, 11) is 0. The first-order valence-electron chi connectivity index (χ1n) is 9.70. The fourth-order valence-corrected chi connectivity index (χ4v) is 3.96. The van der Waals surface area contributed by atoms with Crippen molar-refractivity contribution in [3.8, 4) is 5.75 Å². The van der Waals surface area contributed by atoms with Gasteiger partial charge in [0.25, 0.3) is 0 Å². The lowest BCUT2D eigenvalue weighted by Gasteiger charge is -2.25. The van der Waals surface area contributed by atoms with Crippen LogP contribution in [0.25, 0.3) is 10.9 Å². The Morgan fingerprint density at radius 1 is 1.17 bits per heavy atom. The first kappa shape index (κ1) is 20.3. The van der Waals surface area contributed by atoms with Gasteiger partial charge in [-0.2, -0.15) is 0 Å². The molecule has 2 heterocycles. The van der Waals surface area contributed by atoms with Crippen LogP contribution in [0.5, 0.6) is 5.75 Å². The van der Waals surface area contributed by atoms with E-state index < -0.39 is 6.36 Å². The number of nitrogens with zero attached hydrogens (tertiary/aromatic N) is 2. The van der Waals surface area contributed by atoms with Gasteiger partial charge >= 0.3 is 6.36 Å². The van der Waals surface area contributed by atoms with Gasteiger partial charge in [0.2, 0.25) is 0 Å². The second-order valence-corrected chi connectivity index (χ2v) is 7.26. The predicted molar refractivity (Wildman–Crippen MR) is 111 cm³/mol. The van der Waals surface area contributed by atoms with Crippen LogP contribution in [0.15, 0.2) is 36.4 Å². The number of alkyl halides is 3. The van der Waals surface area contributed by atoms with Crippen molar-refractivity contribution in [2.24, 2.45) is 0 Å². The quantitative estimate of drug-likeness (QED) is 0.622. The second-order valence-electron chi connectivity index (χ2n) is 7.26. The number of hydrogen-bond donors (Lipinski definition) is 2. The lowest BCUT2D eigenvalue weighted by Crippen LogP contribution is -2.18. The van der Waals surface area contributed by atoms with E-state index in [1.165, 1.54) is 6.07 Å². The third-order valence-corrected chi connectivity index (χ3v) is 5.40. The summed E-state index contributed by atoms with van der Waals surface area (Å²) < 4.78 is 43.2. The van der Waals surface area contributed by atoms with E-state index in [9.17, 15) is 18.3 Å². The van der Waals surface area contributed by atoms with E-state index in [1.807, 2.05) is 32.0 Å². The summed E-state index contributed by atoms with van der Waals surface area (Å²) in [6.07, 6.45) is -4.13. The number of aliphatic hydroxyl groups is 1. The molecule has 2 aromatic carbocycles. The van der Waals surface area contributed by atoms with Crippen LogP contribution in [0, 0.1) is 13.8 Å². The number of halogens is 3. The van der Waals surface area contributed by atoms with Crippen molar-refractivity contribution in [3.05, 3.63) is 53.1 Å². The molecule has 0 amide bonds. The third kappa shape index (κ3) is 3.63. The number of pyridine rings is 1. The Bertz CT molecular complexity index is 1100. The van der Waals surface area contributed by atoms with Gasteiger partial charge in [-0.25, -0.2) is 4.98 Å². The molecule has 8 heteroatoms. The van der Waals surface area contributed by atoms with Crippen LogP contribution in [0.1, 0.15) is 16.7 Å². The van der Waals surface area contributed by atoms with Gasteiger partial charge in [0.05, 0.1) is 12.3 Å². The van der Waals surface area contributed by atoms with Crippen LogP contribution >= 0.6 is 0 Å². The molecule has 1 aromatic heterocycles. The van der Waals surface area contributed by atoms with Crippen molar-refractivity contribution in [3.63, 3.8) is 0 Å². The van der Waals surface area contributed by atoms with Crippen LogP contribution in [0.4, 0.5) is 30.4 Å². The Balaban J connectivity index is 1.96. The van der Waals surface area contributed by atoms with Gasteiger partial charge in [0, 0.05) is 29.7 Å². The number of ether oxygens (including phenoxy) is 1. The summed E-state index contributed by atoms with van der Waals surface area (Å²) in [5.41, 5.74) is 5.13. The molecule has 2 N–H and O–H groups in total. The Morgan fingerprint density at radius 2 is 1.93 bits per heavy atom. The van der Waals surface area contributed by atoms with E-state index >= 15 is 0 Å². The van der Waals surface area contributed by atoms with E-state index in [0.29, 0.717) is 24.2 Å². The number of benzene rings is 2. The minimum Gasteiger partial charge on any atom is -0.403 e. The monoisotopic (exact) mass is 417 g/mol. The number of para-hydroxylation sites is 1. The van der Waals surface area contributed by atoms with Gasteiger partial charge in [-0.3, -0.25) is 0 Å². The molecular weight excluding hydrogens is 395 g/mol. The molecule has 30 heavy (non-hydrogen) atoms. The molecule has 1 aliphatic rings. The molecule has 0 bridgehead atoms. The van der Waals surface area contributed by atoms with Gasteiger partial charge in [0.15, 0.2) is 5.75 Å². The maximum Gasteiger partial charge on any atom is 0.573 e. The number of rotatable bonds is 5. The highest BCUT2D eigenvalue weighted by molar-refractivity contribution is 6.02. The summed E-state index contributed by atoms with van der Waals surface area (Å²) in [5, 5.41) is 12.9. The minimum atomic E-state index is -4.82. The number of anilines is 3. The second kappa shape index (κ2) is 7.68. The number of aryl methyl sites for hydroxylation is 1. The van der Waals surface area contributed by atoms with E-state index in [2.05, 4.69) is 19.9 Å². The summed E-state index contributed by atoms with van der Waals surface area (Å²) in [4.78, 5) is 6.59. The number of aliphatic hydroxyl groups excluding tert-OH is 1. The highest BCUT2D eigenvalue weighted by Gasteiger charge is 2.34. The van der Waals surface area contributed by atoms with Crippen molar-refractivity contribution in [1.82, 2.24) is 4.98 Å². The molecule has 3 aromatic rings. The molecule has 158 valence electrons. The Morgan fingerprint density at radius 3 is 2.67 bits per heavy atom. The van der Waals surface area contributed by atoms with Crippen LogP contribution in [0.2, 0.25) is 0 Å². The van der Waals surface area contributed by atoms with E-state index in [0.717, 1.165) is 28.1 Å². The zero-order valence-electron chi connectivity index (χ0n) is 16.7. The first-order valence-corrected chi connectivity index (χ1v) is 9.70. The fourth-order valence-electron chi connectivity index (χ4n) is 3.96. The largest absolute Gasteiger partial charge is 0.573 e. The average molecular weight is 417 g/mol. The topological polar surface area (TPSA) is 57.6 Å². The number of nitrogens with one attached hydrogen (secondary N) is 1. The van der Waals surface area contributed by atoms with Gasteiger partial charge in [0.1, 0.15) is 11.3 Å². The van der Waals surface area contributed by atoms with E-state index in [-0.39, 0.29) is 24.4 Å². The van der Waals surface area contributed by atoms with Crippen LogP contribution < -0.4 is 15.0 Å². The molecule has 0 spiro atoms. The molecule has 0 saturated heterocycles. The van der Waals surface area contributed by atoms with Crippen LogP contribution in [-0.4, -0.2) is 36.1 Å². The van der Waals surface area contributed by atoms with Crippen LogP contribution in [0.3, 0.4) is 0 Å². The summed E-state index contributed by atoms with van der Waals surface area (Å²) in [5.74, 6) is 0.125. The molecule has 0 aliphatic carbocycles. The lowest BCUT2D eigenvalue weighted by molar-refractivity contribution is -0.274. The average Bonchev–Trinajstić information content (AvgIpc) is 3.13. The van der Waals surface area contributed by atoms with Crippen molar-refractivity contribution in [2.75, 3.05) is 29.9 Å². The maximum atomic E-state index is 13.0. The van der Waals surface area contributed by atoms with Crippen molar-refractivity contribution in [1.29, 1.82) is 0 Å². The summed E-state index contributed by atoms with van der Waals surface area (Å²) in [6, 6.07) is 10.6. The standard InChI is InChI=1S/C22H22F3N3O2/c1-13-5-3-7-17(14(13)2)28-11-9-16-20(28)15-6-4-8-18(30-22(23,24)25)19(15)27-21(16)26-10-12-29/h3-8,29H,9-12H2,1-2H3,(H,26,27). The molecule has 5 nitrogen and oxygen atoms in total. The molecule has 1 aliphatic heterocycles. The van der Waals surface area contributed by atoms with Gasteiger partial charge in [-0.1, -0.05) is 24.3 Å². The van der Waals surface area contributed by atoms with E-state index in [1.54, 1.807) is 12.1 Å². The lowest BCUT2D eigenvalue weighted by atomic mass is 10.1. The van der Waals surface area contributed by atoms with Crippen molar-refractivity contribution in [2.45, 2.75) is 26.6 Å². The third-order valence-electron chi connectivity index (χ3n) is 5.40. The smallest absolute Gasteiger partial charge is 0.403 e. The minimum absolute atomic E-state index is 0.115. The van der Waals surface area contributed by atoms with Crippen molar-refractivity contribution >= 4 is 28.1 Å². The normalized spacial score (nSPS) is 13.6. The Kier molecular flexibility index (Phi) is 5.19. The molecule has 0 unspecified atom stereocenters. The van der Waals surface area contributed by atoms with Crippen molar-refractivity contribution < 1.29 is 23.0 Å². The molecule has 0 radical (unpaired) electrons. The predicted octanol–water partition coefficient (Wildman–Crippen LogP) is 4.85. The van der Waals surface area contributed by atoms with E-state index in [4.69, 9.17) is 0 Å². The summed E-state index contributed by atoms with van der Waals surface area (Å²) in [6.45, 7) is 4.88. The molecule has 0 saturated carbocycles. The molecular formula is C22H22F3N3O2. The fraction of sp³-hybridized carbons (Fsp3) is 0.318. The highest BCUT2D eigenvalue weighted by Crippen LogP contribution is 2.46. The molecule has 4 rings (SSSR count). The number of aromatic nitrogens is 1. The number of hydrogen-bond acceptors (Lipinski definition) is 5. The Labute approximate surface area is 172 Å². The maximum absolute atomic E-state index is 13.0. The zero-order valence-corrected chi connectivity index (χ0v) is 16.7. The summed E-state index contributed by atoms with van der Waals surface area (Å²) >= 11 is 0. The molecule has 0 atom stereocenters. The van der Waals surface area contributed by atoms with Gasteiger partial charge in [-0.15, -0.1) is 13.2 Å². The molecule has 0 fully saturated rings. The first-order chi connectivity index (χ1) is 14.3. The Hall–Kier alpha value is -3.00. The van der Waals surface area contributed by atoms with Gasteiger partial charge < -0.3 is 20.1 Å². The highest BCUT2D eigenvalue weighted by atomic mass is 19.4.